The summed E-state index contributed by atoms with van der Waals surface area (Å²) in [6, 6.07) is 1.26. The summed E-state index contributed by atoms with van der Waals surface area (Å²) in [7, 11) is 0. The van der Waals surface area contributed by atoms with Crippen LogP contribution in [0.4, 0.5) is 0 Å². The van der Waals surface area contributed by atoms with E-state index < -0.39 is 81.0 Å². The number of hydrogen-bond donors (Lipinski definition) is 5. The Morgan fingerprint density at radius 3 is 2.08 bits per heavy atom. The molecule has 11 heteroatoms. The number of carbonyl (C=O) groups excluding carboxylic acids is 5. The molecular formula is C40H46ClNO9. The average Bonchev–Trinajstić information content (AvgIpc) is 3.09. The Kier molecular flexibility index (Phi) is 14.2. The quantitative estimate of drug-likeness (QED) is 0.211. The van der Waals surface area contributed by atoms with Gasteiger partial charge in [0.25, 0.3) is 5.91 Å². The summed E-state index contributed by atoms with van der Waals surface area (Å²) in [6.07, 6.45) is 11.3. The van der Waals surface area contributed by atoms with E-state index in [2.05, 4.69) is 5.32 Å². The lowest BCUT2D eigenvalue weighted by atomic mass is 9.83. The molecule has 2 heterocycles. The first-order valence-corrected chi connectivity index (χ1v) is 17.1. The number of amides is 1. The molecule has 5 N–H and O–H groups in total. The van der Waals surface area contributed by atoms with Gasteiger partial charge in [0.2, 0.25) is 11.6 Å². The van der Waals surface area contributed by atoms with E-state index in [4.69, 9.17) is 11.6 Å². The van der Waals surface area contributed by atoms with Crippen LogP contribution in [0.15, 0.2) is 88.2 Å². The first-order chi connectivity index (χ1) is 23.9. The fourth-order valence-corrected chi connectivity index (χ4v) is 5.85. The van der Waals surface area contributed by atoms with Crippen LogP contribution in [0, 0.1) is 24.7 Å². The number of allylic oxidation sites excluding steroid dienone is 8. The number of phenols is 1. The van der Waals surface area contributed by atoms with Crippen molar-refractivity contribution >= 4 is 40.6 Å². The molecule has 10 nitrogen and oxygen atoms in total. The Morgan fingerprint density at radius 1 is 0.745 bits per heavy atom. The van der Waals surface area contributed by atoms with Gasteiger partial charge in [-0.05, 0) is 56.9 Å². The second-order valence-corrected chi connectivity index (χ2v) is 13.7. The molecule has 0 aromatic heterocycles. The maximum Gasteiger partial charge on any atom is 0.251 e. The van der Waals surface area contributed by atoms with Crippen LogP contribution in [-0.2, 0) is 9.59 Å². The number of aliphatic hydroxyl groups excluding tert-OH is 3. The number of fused-ring (bicyclic) bond motifs is 18. The summed E-state index contributed by atoms with van der Waals surface area (Å²) in [5, 5.41) is 44.9. The first kappa shape index (κ1) is 40.9. The van der Waals surface area contributed by atoms with E-state index in [9.17, 15) is 44.4 Å². The highest BCUT2D eigenvalue weighted by molar-refractivity contribution is 6.51. The highest BCUT2D eigenvalue weighted by Gasteiger charge is 2.38. The van der Waals surface area contributed by atoms with E-state index in [-0.39, 0.29) is 46.8 Å². The highest BCUT2D eigenvalue weighted by atomic mass is 35.5. The number of nitrogens with one attached hydrogen (secondary N) is 1. The zero-order chi connectivity index (χ0) is 38.3. The van der Waals surface area contributed by atoms with Crippen molar-refractivity contribution in [2.75, 3.05) is 0 Å². The summed E-state index contributed by atoms with van der Waals surface area (Å²) in [5.74, 6) is -5.47. The zero-order valence-electron chi connectivity index (χ0n) is 29.9. The maximum absolute atomic E-state index is 13.8. The van der Waals surface area contributed by atoms with Gasteiger partial charge in [-0.1, -0.05) is 87.1 Å². The van der Waals surface area contributed by atoms with E-state index in [0.717, 1.165) is 0 Å². The Labute approximate surface area is 303 Å². The van der Waals surface area contributed by atoms with Crippen molar-refractivity contribution in [3.8, 4) is 5.75 Å². The molecule has 1 aromatic rings. The van der Waals surface area contributed by atoms with Crippen molar-refractivity contribution in [3.63, 3.8) is 0 Å². The van der Waals surface area contributed by atoms with E-state index in [1.54, 1.807) is 64.2 Å². The van der Waals surface area contributed by atoms with Gasteiger partial charge in [-0.25, -0.2) is 0 Å². The minimum Gasteiger partial charge on any atom is -0.507 e. The minimum atomic E-state index is -1.01. The SMILES string of the molecule is CC1=C/C=C\C=C/[C@H](C)[C@@H](O)CC(=O)/C(C)=C\C[C@H](O)/C=C\[C@H](C)[C@H](O)[C@@H](C)C=C(C)C(=O)c2c(O)c(C)cc3c2C(=O)C(Cl)=C(NC1=O)C3=O. The molecule has 51 heavy (non-hydrogen) atoms. The molecule has 0 spiro atoms. The third-order valence-corrected chi connectivity index (χ3v) is 9.47. The van der Waals surface area contributed by atoms with Crippen molar-refractivity contribution in [1.29, 1.82) is 0 Å². The van der Waals surface area contributed by atoms with Crippen LogP contribution < -0.4 is 5.32 Å². The Morgan fingerprint density at radius 2 is 1.41 bits per heavy atom. The number of aliphatic hydroxyl groups is 3. The third kappa shape index (κ3) is 9.86. The molecule has 4 bridgehead atoms. The average molecular weight is 720 g/mol. The van der Waals surface area contributed by atoms with Crippen LogP contribution in [0.2, 0.25) is 0 Å². The number of aryl methyl sites for hydroxylation is 1. The molecule has 6 atom stereocenters. The number of ketones is 4. The smallest absolute Gasteiger partial charge is 0.251 e. The molecule has 2 aliphatic heterocycles. The van der Waals surface area contributed by atoms with Crippen LogP contribution in [0.3, 0.4) is 0 Å². The fraction of sp³-hybridized carbons (Fsp3) is 0.375. The number of phenolic OH excluding ortho intramolecular Hbond substituents is 1. The number of aromatic hydroxyl groups is 1. The number of benzene rings is 1. The zero-order valence-corrected chi connectivity index (χ0v) is 30.6. The largest absolute Gasteiger partial charge is 0.507 e. The van der Waals surface area contributed by atoms with Gasteiger partial charge < -0.3 is 25.7 Å². The van der Waals surface area contributed by atoms with E-state index in [1.807, 2.05) is 0 Å². The van der Waals surface area contributed by atoms with E-state index in [1.165, 1.54) is 45.1 Å². The molecular weight excluding hydrogens is 674 g/mol. The number of Topliss-reactive ketones (excluding diaryl/α,β-unsaturated/α-hetero) is 4. The predicted octanol–water partition coefficient (Wildman–Crippen LogP) is 5.69. The molecule has 1 aliphatic carbocycles. The van der Waals surface area contributed by atoms with Gasteiger partial charge in [0.15, 0.2) is 11.6 Å². The highest BCUT2D eigenvalue weighted by Crippen LogP contribution is 2.37. The topological polar surface area (TPSA) is 178 Å². The molecule has 0 radical (unpaired) electrons. The molecule has 0 saturated heterocycles. The Hall–Kier alpha value is -4.48. The Balaban J connectivity index is 2.08. The van der Waals surface area contributed by atoms with Gasteiger partial charge in [0.05, 0.1) is 23.9 Å². The van der Waals surface area contributed by atoms with E-state index in [0.29, 0.717) is 5.57 Å². The second kappa shape index (κ2) is 17.6. The van der Waals surface area contributed by atoms with Crippen LogP contribution in [0.1, 0.15) is 91.0 Å². The van der Waals surface area contributed by atoms with Crippen molar-refractivity contribution in [2.45, 2.75) is 79.6 Å². The van der Waals surface area contributed by atoms with Crippen molar-refractivity contribution in [2.24, 2.45) is 17.8 Å². The lowest BCUT2D eigenvalue weighted by molar-refractivity contribution is -0.118. The molecule has 0 saturated carbocycles. The summed E-state index contributed by atoms with van der Waals surface area (Å²) < 4.78 is 0. The lowest BCUT2D eigenvalue weighted by Crippen LogP contribution is -2.34. The van der Waals surface area contributed by atoms with Gasteiger partial charge in [0.1, 0.15) is 16.5 Å². The predicted molar refractivity (Wildman–Crippen MR) is 195 cm³/mol. The van der Waals surface area contributed by atoms with Crippen LogP contribution in [-0.4, -0.2) is 67.8 Å². The van der Waals surface area contributed by atoms with Crippen LogP contribution in [0.5, 0.6) is 5.75 Å². The third-order valence-electron chi connectivity index (χ3n) is 9.11. The van der Waals surface area contributed by atoms with Crippen molar-refractivity contribution < 1.29 is 44.4 Å². The summed E-state index contributed by atoms with van der Waals surface area (Å²) in [6.45, 7) is 11.2. The molecule has 0 fully saturated rings. The minimum absolute atomic E-state index is 0.0812. The van der Waals surface area contributed by atoms with Crippen LogP contribution >= 0.6 is 11.6 Å². The summed E-state index contributed by atoms with van der Waals surface area (Å²) in [5.41, 5.74) is -0.708. The normalized spacial score (nSPS) is 29.5. The number of halogens is 1. The fourth-order valence-electron chi connectivity index (χ4n) is 5.62. The van der Waals surface area contributed by atoms with Gasteiger partial charge in [-0.15, -0.1) is 0 Å². The van der Waals surface area contributed by atoms with Crippen molar-refractivity contribution in [1.82, 2.24) is 5.32 Å². The molecule has 1 aromatic carbocycles. The molecule has 3 aliphatic rings. The summed E-state index contributed by atoms with van der Waals surface area (Å²) >= 11 is 6.36. The van der Waals surface area contributed by atoms with Gasteiger partial charge >= 0.3 is 0 Å². The number of hydrogen-bond acceptors (Lipinski definition) is 9. The molecule has 1 amide bonds. The lowest BCUT2D eigenvalue weighted by Gasteiger charge is -2.23. The molecule has 4 rings (SSSR count). The van der Waals surface area contributed by atoms with Crippen molar-refractivity contribution in [3.05, 3.63) is 110 Å². The van der Waals surface area contributed by atoms with Gasteiger partial charge in [-0.3, -0.25) is 24.0 Å². The first-order valence-electron chi connectivity index (χ1n) is 16.7. The molecule has 272 valence electrons. The summed E-state index contributed by atoms with van der Waals surface area (Å²) in [4.78, 5) is 66.8. The Bertz CT molecular complexity index is 1820. The second-order valence-electron chi connectivity index (χ2n) is 13.3. The van der Waals surface area contributed by atoms with Gasteiger partial charge in [-0.2, -0.15) is 0 Å². The van der Waals surface area contributed by atoms with Crippen LogP contribution in [0.25, 0.3) is 0 Å². The number of rotatable bonds is 0. The van der Waals surface area contributed by atoms with E-state index >= 15 is 0 Å². The van der Waals surface area contributed by atoms with Gasteiger partial charge in [0, 0.05) is 40.9 Å². The molecule has 0 unspecified atom stereocenters. The standard InChI is InChI=1S/C40H46ClNO9/c1-20-11-9-8-10-12-23(4)40(51)42-34-33(41)39(50)31-28(38(34)49)18-26(7)37(48)32(31)36(47)25(6)17-24(5)35(46)22(3)14-16-27(43)15-13-21(2)30(45)19-29(20)44/h8-14,16-18,20,22,24,27,29,35,43-44,46,48H,15,19H2,1-7H3,(H,42,51)/b10-8-,11-9-,16-14-,21-13-,23-12?,25-17?/t20-,22-,24-,27-,29-,35-/m0/s1. The monoisotopic (exact) mass is 719 g/mol. The maximum atomic E-state index is 13.8. The number of carbonyl (C=O) groups is 5.